The van der Waals surface area contributed by atoms with Crippen LogP contribution in [0.1, 0.15) is 25.1 Å². The van der Waals surface area contributed by atoms with Gasteiger partial charge >= 0.3 is 6.01 Å². The highest BCUT2D eigenvalue weighted by molar-refractivity contribution is 5.10. The van der Waals surface area contributed by atoms with Crippen molar-refractivity contribution >= 4 is 0 Å². The van der Waals surface area contributed by atoms with Gasteiger partial charge in [-0.2, -0.15) is 4.98 Å². The lowest BCUT2D eigenvalue weighted by Crippen LogP contribution is -2.24. The van der Waals surface area contributed by atoms with Gasteiger partial charge in [-0.1, -0.05) is 0 Å². The zero-order valence-electron chi connectivity index (χ0n) is 10.9. The molecule has 1 aromatic rings. The Balaban J connectivity index is 2.33. The second kappa shape index (κ2) is 5.68. The van der Waals surface area contributed by atoms with Crippen molar-refractivity contribution in [2.75, 3.05) is 13.2 Å². The predicted octanol–water partition coefficient (Wildman–Crippen LogP) is -0.409. The molecule has 7 heteroatoms. The van der Waals surface area contributed by atoms with E-state index in [-0.39, 0.29) is 18.2 Å². The Morgan fingerprint density at radius 1 is 1.63 bits per heavy atom. The second-order valence-electron chi connectivity index (χ2n) is 4.47. The summed E-state index contributed by atoms with van der Waals surface area (Å²) in [4.78, 5) is 15.4. The van der Waals surface area contributed by atoms with Gasteiger partial charge in [0, 0.05) is 18.2 Å². The molecular weight excluding hydrogens is 252 g/mol. The van der Waals surface area contributed by atoms with Gasteiger partial charge in [0.25, 0.3) is 5.56 Å². The summed E-state index contributed by atoms with van der Waals surface area (Å²) in [6, 6.07) is 0.161. The minimum absolute atomic E-state index is 0.161. The summed E-state index contributed by atoms with van der Waals surface area (Å²) >= 11 is 0. The number of hydrogen-bond acceptors (Lipinski definition) is 6. The van der Waals surface area contributed by atoms with Gasteiger partial charge in [0.05, 0.1) is 19.3 Å². The van der Waals surface area contributed by atoms with Crippen LogP contribution in [0.25, 0.3) is 0 Å². The molecule has 0 aliphatic carbocycles. The molecule has 7 nitrogen and oxygen atoms in total. The summed E-state index contributed by atoms with van der Waals surface area (Å²) in [6.07, 6.45) is 0.0381. The first-order valence-electron chi connectivity index (χ1n) is 6.23. The van der Waals surface area contributed by atoms with E-state index < -0.39 is 18.4 Å². The minimum atomic E-state index is -0.746. The zero-order chi connectivity index (χ0) is 14.0. The maximum atomic E-state index is 11.5. The van der Waals surface area contributed by atoms with E-state index in [2.05, 4.69) is 4.98 Å². The number of hydrogen-bond donors (Lipinski definition) is 2. The highest BCUT2D eigenvalue weighted by atomic mass is 16.6. The Morgan fingerprint density at radius 3 is 2.95 bits per heavy atom. The van der Waals surface area contributed by atoms with Gasteiger partial charge in [-0.05, 0) is 13.8 Å². The first-order chi connectivity index (χ1) is 9.06. The van der Waals surface area contributed by atoms with E-state index >= 15 is 0 Å². The van der Waals surface area contributed by atoms with Gasteiger partial charge < -0.3 is 19.7 Å². The minimum Gasteiger partial charge on any atom is -0.465 e. The molecule has 2 rings (SSSR count). The van der Waals surface area contributed by atoms with Crippen LogP contribution in [-0.4, -0.2) is 45.2 Å². The maximum Gasteiger partial charge on any atom is 0.301 e. The average Bonchev–Trinajstić information content (AvgIpc) is 2.75. The summed E-state index contributed by atoms with van der Waals surface area (Å²) in [5, 5.41) is 18.8. The molecule has 0 amide bonds. The number of aromatic nitrogens is 2. The monoisotopic (exact) mass is 270 g/mol. The van der Waals surface area contributed by atoms with Crippen LogP contribution < -0.4 is 10.3 Å². The molecule has 1 saturated heterocycles. The lowest BCUT2D eigenvalue weighted by Gasteiger charge is -2.19. The summed E-state index contributed by atoms with van der Waals surface area (Å²) in [5.41, 5.74) is 0.117. The van der Waals surface area contributed by atoms with Crippen LogP contribution in [0, 0.1) is 6.92 Å². The Kier molecular flexibility index (Phi) is 4.18. The van der Waals surface area contributed by atoms with E-state index in [1.165, 1.54) is 0 Å². The lowest BCUT2D eigenvalue weighted by atomic mass is 10.2. The average molecular weight is 270 g/mol. The molecule has 106 valence electrons. The number of ether oxygens (including phenoxy) is 2. The van der Waals surface area contributed by atoms with Crippen LogP contribution in [0.15, 0.2) is 11.0 Å². The quantitative estimate of drug-likeness (QED) is 0.772. The molecule has 3 atom stereocenters. The maximum absolute atomic E-state index is 11.5. The Labute approximate surface area is 110 Å². The highest BCUT2D eigenvalue weighted by Crippen LogP contribution is 2.30. The van der Waals surface area contributed by atoms with Crippen LogP contribution >= 0.6 is 0 Å². The molecule has 0 spiro atoms. The van der Waals surface area contributed by atoms with Crippen molar-refractivity contribution in [3.8, 4) is 6.01 Å². The third kappa shape index (κ3) is 2.78. The molecule has 1 aliphatic heterocycles. The summed E-state index contributed by atoms with van der Waals surface area (Å²) < 4.78 is 12.4. The zero-order valence-corrected chi connectivity index (χ0v) is 10.9. The van der Waals surface area contributed by atoms with E-state index in [9.17, 15) is 9.90 Å². The van der Waals surface area contributed by atoms with Crippen LogP contribution in [0.2, 0.25) is 0 Å². The molecule has 19 heavy (non-hydrogen) atoms. The Morgan fingerprint density at radius 2 is 2.37 bits per heavy atom. The molecule has 0 bridgehead atoms. The fraction of sp³-hybridized carbons (Fsp3) is 0.667. The third-order valence-corrected chi connectivity index (χ3v) is 3.06. The predicted molar refractivity (Wildman–Crippen MR) is 66.0 cm³/mol. The first-order valence-corrected chi connectivity index (χ1v) is 6.23. The van der Waals surface area contributed by atoms with Crippen LogP contribution in [0.3, 0.4) is 0 Å². The number of aliphatic hydroxyl groups excluding tert-OH is 2. The fourth-order valence-electron chi connectivity index (χ4n) is 2.04. The Hall–Kier alpha value is -1.44. The van der Waals surface area contributed by atoms with Gasteiger partial charge in [-0.15, -0.1) is 0 Å². The van der Waals surface area contributed by atoms with Crippen LogP contribution in [0.4, 0.5) is 0 Å². The fourth-order valence-corrected chi connectivity index (χ4v) is 2.04. The largest absolute Gasteiger partial charge is 0.465 e. The molecule has 2 heterocycles. The van der Waals surface area contributed by atoms with Crippen molar-refractivity contribution in [3.05, 3.63) is 22.1 Å². The molecule has 1 aromatic heterocycles. The molecule has 1 fully saturated rings. The lowest BCUT2D eigenvalue weighted by molar-refractivity contribution is -0.0473. The van der Waals surface area contributed by atoms with Gasteiger partial charge in [0.2, 0.25) is 0 Å². The van der Waals surface area contributed by atoms with E-state index in [1.54, 1.807) is 24.6 Å². The van der Waals surface area contributed by atoms with Crippen LogP contribution in [-0.2, 0) is 4.74 Å². The van der Waals surface area contributed by atoms with Crippen molar-refractivity contribution < 1.29 is 19.7 Å². The Bertz CT molecular complexity index is 501. The molecule has 0 radical (unpaired) electrons. The smallest absolute Gasteiger partial charge is 0.301 e. The molecule has 0 unspecified atom stereocenters. The topological polar surface area (TPSA) is 93.8 Å². The number of nitrogens with zero attached hydrogens (tertiary/aromatic N) is 2. The van der Waals surface area contributed by atoms with Crippen LogP contribution in [0.5, 0.6) is 6.01 Å². The van der Waals surface area contributed by atoms with Crippen molar-refractivity contribution in [1.82, 2.24) is 9.55 Å². The van der Waals surface area contributed by atoms with Gasteiger partial charge in [0.15, 0.2) is 0 Å². The van der Waals surface area contributed by atoms with Gasteiger partial charge in [-0.25, -0.2) is 0 Å². The number of rotatable bonds is 4. The van der Waals surface area contributed by atoms with E-state index in [1.807, 2.05) is 0 Å². The van der Waals surface area contributed by atoms with E-state index in [4.69, 9.17) is 14.6 Å². The van der Waals surface area contributed by atoms with Crippen molar-refractivity contribution in [2.45, 2.75) is 38.7 Å². The summed E-state index contributed by atoms with van der Waals surface area (Å²) in [6.45, 7) is 3.55. The van der Waals surface area contributed by atoms with Gasteiger partial charge in [0.1, 0.15) is 12.3 Å². The van der Waals surface area contributed by atoms with Crippen molar-refractivity contribution in [3.63, 3.8) is 0 Å². The van der Waals surface area contributed by atoms with E-state index in [0.717, 1.165) is 0 Å². The van der Waals surface area contributed by atoms with Crippen molar-refractivity contribution in [2.24, 2.45) is 0 Å². The second-order valence-corrected chi connectivity index (χ2v) is 4.47. The van der Waals surface area contributed by atoms with E-state index in [0.29, 0.717) is 18.6 Å². The standard InChI is InChI=1S/C12H18N2O5/c1-3-18-12-13-11(17)7(2)5-14(12)10-4-8(16)9(6-15)19-10/h5,8-10,15-16H,3-4,6H2,1-2H3/t8-,9-,10-/m0/s1. The SMILES string of the molecule is CCOc1nc(=O)c(C)cn1[C@@H]1C[C@H](O)[C@H](CO)O1. The molecular formula is C12H18N2O5. The normalized spacial score (nSPS) is 26.6. The summed E-state index contributed by atoms with van der Waals surface area (Å²) in [7, 11) is 0. The number of aliphatic hydroxyl groups is 2. The molecule has 1 aliphatic rings. The molecule has 0 saturated carbocycles. The van der Waals surface area contributed by atoms with Gasteiger partial charge in [-0.3, -0.25) is 9.36 Å². The van der Waals surface area contributed by atoms with Crippen molar-refractivity contribution in [1.29, 1.82) is 0 Å². The summed E-state index contributed by atoms with van der Waals surface area (Å²) in [5.74, 6) is 0. The molecule has 2 N–H and O–H groups in total. The third-order valence-electron chi connectivity index (χ3n) is 3.06. The highest BCUT2D eigenvalue weighted by Gasteiger charge is 2.35. The number of aryl methyl sites for hydroxylation is 1. The first kappa shape index (κ1) is 14.0. The molecule has 0 aromatic carbocycles.